The molecule has 0 aliphatic rings. The highest BCUT2D eigenvalue weighted by molar-refractivity contribution is 14.0. The lowest BCUT2D eigenvalue weighted by Gasteiger charge is -2.22. The zero-order chi connectivity index (χ0) is 17.5. The second-order valence-corrected chi connectivity index (χ2v) is 5.90. The van der Waals surface area contributed by atoms with E-state index in [0.29, 0.717) is 18.2 Å². The molecule has 8 heteroatoms. The van der Waals surface area contributed by atoms with Crippen molar-refractivity contribution in [3.05, 3.63) is 46.7 Å². The lowest BCUT2D eigenvalue weighted by Crippen LogP contribution is -2.38. The molecular formula is C17H25ClIN5O. The minimum atomic E-state index is 0. The zero-order valence-corrected chi connectivity index (χ0v) is 18.1. The van der Waals surface area contributed by atoms with Gasteiger partial charge in [0, 0.05) is 56.6 Å². The van der Waals surface area contributed by atoms with E-state index in [0.717, 1.165) is 29.4 Å². The number of rotatable bonds is 6. The Labute approximate surface area is 171 Å². The number of benzene rings is 1. The van der Waals surface area contributed by atoms with Crippen molar-refractivity contribution in [3.63, 3.8) is 0 Å². The Hall–Kier alpha value is -1.48. The second-order valence-electron chi connectivity index (χ2n) is 5.46. The van der Waals surface area contributed by atoms with Gasteiger partial charge in [-0.3, -0.25) is 9.67 Å². The van der Waals surface area contributed by atoms with E-state index in [-0.39, 0.29) is 24.0 Å². The quantitative estimate of drug-likeness (QED) is 0.394. The van der Waals surface area contributed by atoms with Crippen molar-refractivity contribution < 1.29 is 4.74 Å². The number of hydrogen-bond donors (Lipinski definition) is 1. The number of hydrogen-bond acceptors (Lipinski definition) is 3. The van der Waals surface area contributed by atoms with Crippen molar-refractivity contribution in [2.24, 2.45) is 12.0 Å². The molecule has 0 saturated heterocycles. The van der Waals surface area contributed by atoms with Crippen LogP contribution in [0.25, 0.3) is 0 Å². The molecule has 6 nitrogen and oxygen atoms in total. The summed E-state index contributed by atoms with van der Waals surface area (Å²) in [5, 5.41) is 8.21. The fourth-order valence-electron chi connectivity index (χ4n) is 2.43. The van der Waals surface area contributed by atoms with Crippen LogP contribution in [-0.2, 0) is 20.1 Å². The second kappa shape index (κ2) is 10.5. The summed E-state index contributed by atoms with van der Waals surface area (Å²) in [6, 6.07) is 5.67. The summed E-state index contributed by atoms with van der Waals surface area (Å²) in [5.41, 5.74) is 2.17. The molecule has 2 aromatic rings. The Balaban J connectivity index is 0.00000312. The molecule has 2 rings (SSSR count). The van der Waals surface area contributed by atoms with Crippen LogP contribution < -0.4 is 10.1 Å². The maximum absolute atomic E-state index is 6.04. The molecule has 0 amide bonds. The molecule has 0 saturated carbocycles. The molecule has 1 aromatic heterocycles. The van der Waals surface area contributed by atoms with Crippen LogP contribution >= 0.6 is 35.6 Å². The highest BCUT2D eigenvalue weighted by Gasteiger charge is 2.10. The molecule has 0 unspecified atom stereocenters. The van der Waals surface area contributed by atoms with Crippen LogP contribution in [0.3, 0.4) is 0 Å². The van der Waals surface area contributed by atoms with Gasteiger partial charge >= 0.3 is 0 Å². The van der Waals surface area contributed by atoms with Gasteiger partial charge in [-0.15, -0.1) is 24.0 Å². The van der Waals surface area contributed by atoms with E-state index in [1.807, 2.05) is 56.5 Å². The molecule has 1 N–H and O–H groups in total. The highest BCUT2D eigenvalue weighted by atomic mass is 127. The molecule has 0 bridgehead atoms. The Morgan fingerprint density at radius 3 is 2.80 bits per heavy atom. The fourth-order valence-corrected chi connectivity index (χ4v) is 2.59. The molecule has 25 heavy (non-hydrogen) atoms. The predicted molar refractivity (Wildman–Crippen MR) is 113 cm³/mol. The number of aromatic nitrogens is 2. The number of ether oxygens (including phenoxy) is 1. The normalized spacial score (nSPS) is 11.0. The summed E-state index contributed by atoms with van der Waals surface area (Å²) < 4.78 is 7.45. The third-order valence-electron chi connectivity index (χ3n) is 3.52. The van der Waals surface area contributed by atoms with E-state index in [2.05, 4.69) is 15.4 Å². The number of nitrogens with one attached hydrogen (secondary N) is 1. The first kappa shape index (κ1) is 21.6. The smallest absolute Gasteiger partial charge is 0.193 e. The summed E-state index contributed by atoms with van der Waals surface area (Å²) in [5.74, 6) is 1.60. The van der Waals surface area contributed by atoms with E-state index in [1.165, 1.54) is 0 Å². The first-order valence-corrected chi connectivity index (χ1v) is 8.21. The van der Waals surface area contributed by atoms with Crippen LogP contribution in [0.1, 0.15) is 18.1 Å². The molecule has 0 fully saturated rings. The van der Waals surface area contributed by atoms with Gasteiger partial charge in [0.05, 0.1) is 12.8 Å². The molecule has 0 aliphatic heterocycles. The Morgan fingerprint density at radius 1 is 1.44 bits per heavy atom. The van der Waals surface area contributed by atoms with Crippen molar-refractivity contribution in [1.29, 1.82) is 0 Å². The largest absolute Gasteiger partial charge is 0.493 e. The molecule has 1 heterocycles. The van der Waals surface area contributed by atoms with E-state index >= 15 is 0 Å². The van der Waals surface area contributed by atoms with Crippen molar-refractivity contribution in [2.45, 2.75) is 20.0 Å². The van der Waals surface area contributed by atoms with Gasteiger partial charge in [0.1, 0.15) is 5.75 Å². The number of nitrogens with zero attached hydrogens (tertiary/aromatic N) is 4. The van der Waals surface area contributed by atoms with Crippen LogP contribution in [0.15, 0.2) is 35.6 Å². The van der Waals surface area contributed by atoms with E-state index in [1.54, 1.807) is 11.7 Å². The van der Waals surface area contributed by atoms with Crippen molar-refractivity contribution >= 4 is 41.5 Å². The van der Waals surface area contributed by atoms with E-state index in [4.69, 9.17) is 16.3 Å². The van der Waals surface area contributed by atoms with Crippen LogP contribution in [0, 0.1) is 0 Å². The third kappa shape index (κ3) is 6.39. The minimum Gasteiger partial charge on any atom is -0.493 e. The number of guanidine groups is 1. The van der Waals surface area contributed by atoms with Gasteiger partial charge in [-0.05, 0) is 19.1 Å². The summed E-state index contributed by atoms with van der Waals surface area (Å²) in [7, 11) is 5.67. The van der Waals surface area contributed by atoms with E-state index in [9.17, 15) is 0 Å². The van der Waals surface area contributed by atoms with E-state index < -0.39 is 0 Å². The van der Waals surface area contributed by atoms with Crippen LogP contribution in [0.2, 0.25) is 5.02 Å². The highest BCUT2D eigenvalue weighted by Crippen LogP contribution is 2.23. The molecule has 0 spiro atoms. The Kier molecular flexibility index (Phi) is 9.05. The number of aliphatic imine (C=N–C) groups is 1. The predicted octanol–water partition coefficient (Wildman–Crippen LogP) is 3.30. The van der Waals surface area contributed by atoms with Crippen molar-refractivity contribution in [1.82, 2.24) is 20.0 Å². The van der Waals surface area contributed by atoms with Crippen LogP contribution in [0.5, 0.6) is 5.75 Å². The van der Waals surface area contributed by atoms with Gasteiger partial charge in [0.25, 0.3) is 0 Å². The molecular weight excluding hydrogens is 453 g/mol. The first-order valence-electron chi connectivity index (χ1n) is 7.84. The van der Waals surface area contributed by atoms with Crippen molar-refractivity contribution in [2.75, 3.05) is 20.7 Å². The van der Waals surface area contributed by atoms with Gasteiger partial charge < -0.3 is 15.0 Å². The summed E-state index contributed by atoms with van der Waals surface area (Å²) in [6.07, 6.45) is 3.85. The third-order valence-corrected chi connectivity index (χ3v) is 3.75. The Bertz CT molecular complexity index is 704. The topological polar surface area (TPSA) is 54.7 Å². The SMILES string of the molecule is CCOc1cc(Cl)ccc1CNC(=NC)N(C)Cc1cnn(C)c1.I. The van der Waals surface area contributed by atoms with Gasteiger partial charge in [0.15, 0.2) is 5.96 Å². The fraction of sp³-hybridized carbons (Fsp3) is 0.412. The summed E-state index contributed by atoms with van der Waals surface area (Å²) in [4.78, 5) is 6.39. The minimum absolute atomic E-state index is 0. The first-order chi connectivity index (χ1) is 11.5. The van der Waals surface area contributed by atoms with Gasteiger partial charge in [-0.1, -0.05) is 17.7 Å². The maximum Gasteiger partial charge on any atom is 0.193 e. The van der Waals surface area contributed by atoms with Gasteiger partial charge in [-0.25, -0.2) is 0 Å². The molecule has 1 aromatic carbocycles. The monoisotopic (exact) mass is 477 g/mol. The average molecular weight is 478 g/mol. The zero-order valence-electron chi connectivity index (χ0n) is 15.0. The summed E-state index contributed by atoms with van der Waals surface area (Å²) in [6.45, 7) is 3.89. The molecule has 138 valence electrons. The standard InChI is InChI=1S/C17H24ClN5O.HI/c1-5-24-16-8-15(18)7-6-14(16)10-20-17(19-2)22(3)11-13-9-21-23(4)12-13;/h6-9,12H,5,10-11H2,1-4H3,(H,19,20);1H. The number of halogens is 2. The average Bonchev–Trinajstić information content (AvgIpc) is 2.95. The molecule has 0 radical (unpaired) electrons. The van der Waals surface area contributed by atoms with Crippen LogP contribution in [0.4, 0.5) is 0 Å². The maximum atomic E-state index is 6.04. The molecule has 0 aliphatic carbocycles. The van der Waals surface area contributed by atoms with Gasteiger partial charge in [-0.2, -0.15) is 5.10 Å². The Morgan fingerprint density at radius 2 is 2.20 bits per heavy atom. The van der Waals surface area contributed by atoms with Gasteiger partial charge in [0.2, 0.25) is 0 Å². The lowest BCUT2D eigenvalue weighted by molar-refractivity contribution is 0.336. The molecule has 0 atom stereocenters. The van der Waals surface area contributed by atoms with Crippen LogP contribution in [-0.4, -0.2) is 41.3 Å². The summed E-state index contributed by atoms with van der Waals surface area (Å²) >= 11 is 6.04. The number of aryl methyl sites for hydroxylation is 1. The van der Waals surface area contributed by atoms with Crippen molar-refractivity contribution in [3.8, 4) is 5.75 Å². The lowest BCUT2D eigenvalue weighted by atomic mass is 10.2.